The molecule has 0 aromatic heterocycles. The minimum absolute atomic E-state index is 0.0302. The summed E-state index contributed by atoms with van der Waals surface area (Å²) < 4.78 is 10.5. The molecule has 202 valence electrons. The number of carbonyl (C=O) groups is 1. The number of ether oxygens (including phenoxy) is 2. The zero-order valence-electron chi connectivity index (χ0n) is 20.2. The maximum atomic E-state index is 11.7. The molecule has 0 heterocycles. The van der Waals surface area contributed by atoms with Crippen LogP contribution in [0.25, 0.3) is 0 Å². The van der Waals surface area contributed by atoms with Crippen molar-refractivity contribution in [3.8, 4) is 5.75 Å². The van der Waals surface area contributed by atoms with E-state index in [0.717, 1.165) is 0 Å². The van der Waals surface area contributed by atoms with E-state index in [-0.39, 0.29) is 37.9 Å². The molecule has 10 nitrogen and oxygen atoms in total. The molecule has 0 saturated heterocycles. The van der Waals surface area contributed by atoms with Crippen molar-refractivity contribution >= 4 is 17.6 Å². The third-order valence-corrected chi connectivity index (χ3v) is 6.00. The molecule has 6 atom stereocenters. The molecule has 1 saturated carbocycles. The van der Waals surface area contributed by atoms with Crippen molar-refractivity contribution in [3.63, 3.8) is 0 Å². The van der Waals surface area contributed by atoms with Crippen molar-refractivity contribution in [2.75, 3.05) is 13.2 Å². The minimum Gasteiger partial charge on any atom is -0.491 e. The number of nitrogens with zero attached hydrogens (tertiary/aromatic N) is 1. The van der Waals surface area contributed by atoms with Crippen molar-refractivity contribution in [1.29, 1.82) is 0 Å². The monoisotopic (exact) mass is 529 g/mol. The summed E-state index contributed by atoms with van der Waals surface area (Å²) in [6.07, 6.45) is 6.40. The van der Waals surface area contributed by atoms with Gasteiger partial charge in [0.1, 0.15) is 31.2 Å². The molecule has 2 rings (SSSR count). The highest BCUT2D eigenvalue weighted by molar-refractivity contribution is 6.30. The number of aliphatic hydroxyl groups excluding tert-OH is 3. The van der Waals surface area contributed by atoms with Gasteiger partial charge in [-0.2, -0.15) is 0 Å². The SMILES string of the molecule is CC(COC(=O)CCC/C=C\C[C@@H]1[C@@H](/C=C/[C@@H](O)COc2cccc(Cl)c2)[C@H](O)C[C@@H]1O)ON(O)O. The van der Waals surface area contributed by atoms with Gasteiger partial charge in [0, 0.05) is 23.8 Å². The van der Waals surface area contributed by atoms with Crippen LogP contribution in [-0.2, 0) is 14.4 Å². The molecule has 36 heavy (non-hydrogen) atoms. The highest BCUT2D eigenvalue weighted by Gasteiger charge is 2.39. The normalized spacial score (nSPS) is 24.0. The summed E-state index contributed by atoms with van der Waals surface area (Å²) in [5.74, 6) is -0.374. The van der Waals surface area contributed by atoms with Gasteiger partial charge < -0.3 is 24.8 Å². The van der Waals surface area contributed by atoms with Gasteiger partial charge >= 0.3 is 5.97 Å². The van der Waals surface area contributed by atoms with E-state index < -0.39 is 35.8 Å². The Morgan fingerprint density at radius 1 is 1.22 bits per heavy atom. The Balaban J connectivity index is 1.71. The van der Waals surface area contributed by atoms with Gasteiger partial charge in [-0.3, -0.25) is 15.2 Å². The number of unbranched alkanes of at least 4 members (excludes halogenated alkanes) is 1. The summed E-state index contributed by atoms with van der Waals surface area (Å²) in [7, 11) is 0. The van der Waals surface area contributed by atoms with E-state index >= 15 is 0 Å². The predicted molar refractivity (Wildman–Crippen MR) is 130 cm³/mol. The molecular weight excluding hydrogens is 494 g/mol. The fraction of sp³-hybridized carbons (Fsp3) is 0.560. The molecule has 0 aliphatic heterocycles. The molecular formula is C25H36ClNO9. The fourth-order valence-electron chi connectivity index (χ4n) is 3.97. The highest BCUT2D eigenvalue weighted by Crippen LogP contribution is 2.36. The van der Waals surface area contributed by atoms with Crippen LogP contribution in [0.15, 0.2) is 48.6 Å². The third-order valence-electron chi connectivity index (χ3n) is 5.77. The summed E-state index contributed by atoms with van der Waals surface area (Å²) in [5.41, 5.74) is 0. The van der Waals surface area contributed by atoms with E-state index in [0.29, 0.717) is 30.0 Å². The maximum Gasteiger partial charge on any atom is 0.305 e. The predicted octanol–water partition coefficient (Wildman–Crippen LogP) is 3.05. The Morgan fingerprint density at radius 3 is 2.72 bits per heavy atom. The van der Waals surface area contributed by atoms with E-state index in [4.69, 9.17) is 31.5 Å². The van der Waals surface area contributed by atoms with Gasteiger partial charge in [-0.05, 0) is 50.3 Å². The van der Waals surface area contributed by atoms with Crippen LogP contribution in [0.4, 0.5) is 0 Å². The molecule has 1 fully saturated rings. The van der Waals surface area contributed by atoms with Crippen LogP contribution in [0.1, 0.15) is 39.0 Å². The molecule has 5 N–H and O–H groups in total. The number of hydrogen-bond acceptors (Lipinski definition) is 10. The Bertz CT molecular complexity index is 851. The van der Waals surface area contributed by atoms with Gasteiger partial charge in [-0.1, -0.05) is 42.0 Å². The van der Waals surface area contributed by atoms with E-state index in [1.807, 2.05) is 12.2 Å². The first-order valence-electron chi connectivity index (χ1n) is 11.9. The second kappa shape index (κ2) is 16.0. The molecule has 0 bridgehead atoms. The van der Waals surface area contributed by atoms with Crippen molar-refractivity contribution in [2.45, 2.75) is 63.4 Å². The molecule has 0 radical (unpaired) electrons. The Kier molecular flexibility index (Phi) is 13.4. The first kappa shape index (κ1) is 30.2. The lowest BCUT2D eigenvalue weighted by atomic mass is 9.89. The summed E-state index contributed by atoms with van der Waals surface area (Å²) in [6.45, 7) is 1.44. The van der Waals surface area contributed by atoms with Crippen LogP contribution < -0.4 is 4.74 Å². The zero-order valence-corrected chi connectivity index (χ0v) is 21.0. The lowest BCUT2D eigenvalue weighted by Gasteiger charge is -2.19. The smallest absolute Gasteiger partial charge is 0.305 e. The standard InChI is InChI=1S/C25H36ClNO9/c1-17(36-27(32)33)15-35-25(31)10-5-3-2-4-9-21-22(24(30)14-23(21)29)12-11-19(28)16-34-20-8-6-7-18(26)13-20/h2,4,6-8,11-13,17,19,21-24,28-30,32-33H,3,5,9-10,14-16H2,1H3/b4-2-,12-11+/t17?,19-,21-,22-,23+,24-/m1/s1. The molecule has 1 aromatic carbocycles. The van der Waals surface area contributed by atoms with Gasteiger partial charge in [-0.25, -0.2) is 4.84 Å². The lowest BCUT2D eigenvalue weighted by molar-refractivity contribution is -0.504. The van der Waals surface area contributed by atoms with E-state index in [9.17, 15) is 20.1 Å². The molecule has 11 heteroatoms. The second-order valence-corrected chi connectivity index (χ2v) is 9.22. The number of hydrogen-bond donors (Lipinski definition) is 5. The van der Waals surface area contributed by atoms with Crippen LogP contribution in [-0.4, -0.2) is 74.7 Å². The summed E-state index contributed by atoms with van der Waals surface area (Å²) >= 11 is 5.92. The van der Waals surface area contributed by atoms with Crippen LogP contribution in [0.3, 0.4) is 0 Å². The average molecular weight is 530 g/mol. The van der Waals surface area contributed by atoms with E-state index in [1.165, 1.54) is 6.92 Å². The maximum absolute atomic E-state index is 11.7. The number of rotatable bonds is 15. The Morgan fingerprint density at radius 2 is 2.00 bits per heavy atom. The first-order valence-corrected chi connectivity index (χ1v) is 12.3. The van der Waals surface area contributed by atoms with Crippen LogP contribution in [0.5, 0.6) is 5.75 Å². The van der Waals surface area contributed by atoms with Gasteiger partial charge in [0.15, 0.2) is 0 Å². The Labute approximate surface area is 215 Å². The van der Waals surface area contributed by atoms with E-state index in [1.54, 1.807) is 36.4 Å². The van der Waals surface area contributed by atoms with Gasteiger partial charge in [0.25, 0.3) is 0 Å². The largest absolute Gasteiger partial charge is 0.491 e. The van der Waals surface area contributed by atoms with Crippen molar-refractivity contribution in [3.05, 3.63) is 53.6 Å². The van der Waals surface area contributed by atoms with Crippen LogP contribution in [0, 0.1) is 11.8 Å². The quantitative estimate of drug-likeness (QED) is 0.0992. The number of halogens is 1. The molecule has 1 aliphatic rings. The van der Waals surface area contributed by atoms with Crippen molar-refractivity contribution in [1.82, 2.24) is 5.39 Å². The van der Waals surface area contributed by atoms with Crippen LogP contribution in [0.2, 0.25) is 5.02 Å². The number of benzene rings is 1. The van der Waals surface area contributed by atoms with E-state index in [2.05, 4.69) is 4.84 Å². The molecule has 1 aliphatic carbocycles. The summed E-state index contributed by atoms with van der Waals surface area (Å²) in [5, 5.41) is 48.1. The molecule has 0 amide bonds. The summed E-state index contributed by atoms with van der Waals surface area (Å²) in [4.78, 5) is 16.2. The average Bonchev–Trinajstić information content (AvgIpc) is 3.08. The number of aliphatic hydroxyl groups is 3. The van der Waals surface area contributed by atoms with Crippen LogP contribution >= 0.6 is 11.6 Å². The number of esters is 1. The zero-order chi connectivity index (χ0) is 26.5. The van der Waals surface area contributed by atoms with Gasteiger partial charge in [-0.15, -0.1) is 0 Å². The fourth-order valence-corrected chi connectivity index (χ4v) is 4.15. The molecule has 0 spiro atoms. The molecule has 1 unspecified atom stereocenters. The highest BCUT2D eigenvalue weighted by atomic mass is 35.5. The topological polar surface area (TPSA) is 149 Å². The Hall–Kier alpha value is -2.02. The number of carbonyl (C=O) groups excluding carboxylic acids is 1. The molecule has 1 aromatic rings. The van der Waals surface area contributed by atoms with Crippen molar-refractivity contribution < 1.29 is 44.8 Å². The van der Waals surface area contributed by atoms with Gasteiger partial charge in [0.2, 0.25) is 0 Å². The van der Waals surface area contributed by atoms with Gasteiger partial charge in [0.05, 0.1) is 17.6 Å². The number of allylic oxidation sites excluding steroid dienone is 2. The lowest BCUT2D eigenvalue weighted by Crippen LogP contribution is -2.26. The second-order valence-electron chi connectivity index (χ2n) is 8.78. The summed E-state index contributed by atoms with van der Waals surface area (Å²) in [6, 6.07) is 6.87. The third kappa shape index (κ3) is 11.4. The van der Waals surface area contributed by atoms with Crippen molar-refractivity contribution in [2.24, 2.45) is 11.8 Å². The first-order chi connectivity index (χ1) is 17.2. The minimum atomic E-state index is -0.884.